The molecule has 1 N–H and O–H groups in total. The van der Waals surface area contributed by atoms with E-state index in [2.05, 4.69) is 36.8 Å². The van der Waals surface area contributed by atoms with E-state index in [4.69, 9.17) is 0 Å². The van der Waals surface area contributed by atoms with E-state index < -0.39 is 17.8 Å². The van der Waals surface area contributed by atoms with Gasteiger partial charge in [0, 0.05) is 15.1 Å². The highest BCUT2D eigenvalue weighted by Crippen LogP contribution is 2.37. The summed E-state index contributed by atoms with van der Waals surface area (Å²) in [4.78, 5) is 3.97. The third kappa shape index (κ3) is 3.21. The number of aliphatic hydroxyl groups excluding tert-OH is 1. The molecule has 1 aromatic heterocycles. The summed E-state index contributed by atoms with van der Waals surface area (Å²) in [7, 11) is 0. The standard InChI is InChI=1S/C13H8Br2F3NO/c14-7-5-10(15)11(19-6-7)12(20)8-3-1-2-4-9(8)13(16,17)18/h1-6,12,20H. The highest BCUT2D eigenvalue weighted by Gasteiger charge is 2.35. The Hall–Kier alpha value is -0.920. The van der Waals surface area contributed by atoms with Gasteiger partial charge in [-0.1, -0.05) is 18.2 Å². The first-order valence-electron chi connectivity index (χ1n) is 5.46. The third-order valence-electron chi connectivity index (χ3n) is 2.66. The van der Waals surface area contributed by atoms with Crippen molar-refractivity contribution < 1.29 is 18.3 Å². The van der Waals surface area contributed by atoms with E-state index in [1.165, 1.54) is 24.4 Å². The molecule has 1 heterocycles. The van der Waals surface area contributed by atoms with Gasteiger partial charge in [0.1, 0.15) is 6.10 Å². The number of hydrogen-bond donors (Lipinski definition) is 1. The van der Waals surface area contributed by atoms with E-state index >= 15 is 0 Å². The molecule has 0 bridgehead atoms. The van der Waals surface area contributed by atoms with Gasteiger partial charge in [-0.05, 0) is 49.6 Å². The Bertz CT molecular complexity index is 631. The summed E-state index contributed by atoms with van der Waals surface area (Å²) in [6, 6.07) is 6.51. The first-order valence-corrected chi connectivity index (χ1v) is 7.04. The molecule has 1 aromatic carbocycles. The van der Waals surface area contributed by atoms with Crippen molar-refractivity contribution in [1.29, 1.82) is 0 Å². The van der Waals surface area contributed by atoms with Crippen molar-refractivity contribution in [3.63, 3.8) is 0 Å². The molecule has 1 atom stereocenters. The van der Waals surface area contributed by atoms with Crippen LogP contribution in [0.15, 0.2) is 45.5 Å². The average molecular weight is 411 g/mol. The van der Waals surface area contributed by atoms with Gasteiger partial charge in [-0.2, -0.15) is 13.2 Å². The van der Waals surface area contributed by atoms with Crippen LogP contribution in [0.1, 0.15) is 22.9 Å². The van der Waals surface area contributed by atoms with Crippen LogP contribution in [0.4, 0.5) is 13.2 Å². The number of aliphatic hydroxyl groups is 1. The highest BCUT2D eigenvalue weighted by molar-refractivity contribution is 9.11. The minimum absolute atomic E-state index is 0.130. The van der Waals surface area contributed by atoms with Crippen LogP contribution in [-0.2, 0) is 6.18 Å². The zero-order valence-corrected chi connectivity index (χ0v) is 13.0. The number of aromatic nitrogens is 1. The summed E-state index contributed by atoms with van der Waals surface area (Å²) in [5.74, 6) is 0. The molecule has 0 spiro atoms. The second kappa shape index (κ2) is 5.83. The van der Waals surface area contributed by atoms with Gasteiger partial charge in [-0.3, -0.25) is 4.98 Å². The van der Waals surface area contributed by atoms with Gasteiger partial charge in [0.25, 0.3) is 0 Å². The van der Waals surface area contributed by atoms with Crippen molar-refractivity contribution in [3.05, 3.63) is 62.3 Å². The largest absolute Gasteiger partial charge is 0.416 e. The highest BCUT2D eigenvalue weighted by atomic mass is 79.9. The summed E-state index contributed by atoms with van der Waals surface area (Å²) in [5.41, 5.74) is -0.968. The average Bonchev–Trinajstić information content (AvgIpc) is 2.37. The third-order valence-corrected chi connectivity index (χ3v) is 3.72. The fourth-order valence-electron chi connectivity index (χ4n) is 1.77. The van der Waals surface area contributed by atoms with Crippen molar-refractivity contribution in [2.24, 2.45) is 0 Å². The van der Waals surface area contributed by atoms with Crippen molar-refractivity contribution in [1.82, 2.24) is 4.98 Å². The minimum atomic E-state index is -4.53. The number of rotatable bonds is 2. The number of benzene rings is 1. The van der Waals surface area contributed by atoms with E-state index in [1.54, 1.807) is 6.07 Å². The molecule has 0 aliphatic carbocycles. The predicted molar refractivity (Wildman–Crippen MR) is 75.1 cm³/mol. The van der Waals surface area contributed by atoms with Crippen molar-refractivity contribution >= 4 is 31.9 Å². The first-order chi connectivity index (χ1) is 9.30. The lowest BCUT2D eigenvalue weighted by Gasteiger charge is -2.18. The fraction of sp³-hybridized carbons (Fsp3) is 0.154. The van der Waals surface area contributed by atoms with Gasteiger partial charge in [-0.15, -0.1) is 0 Å². The van der Waals surface area contributed by atoms with Gasteiger partial charge in [0.2, 0.25) is 0 Å². The summed E-state index contributed by atoms with van der Waals surface area (Å²) in [5, 5.41) is 10.2. The molecule has 7 heteroatoms. The lowest BCUT2D eigenvalue weighted by molar-refractivity contribution is -0.139. The van der Waals surface area contributed by atoms with Crippen molar-refractivity contribution in [2.75, 3.05) is 0 Å². The van der Waals surface area contributed by atoms with Gasteiger partial charge in [0.15, 0.2) is 0 Å². The zero-order valence-electron chi connectivity index (χ0n) is 9.83. The number of hydrogen-bond acceptors (Lipinski definition) is 2. The zero-order chi connectivity index (χ0) is 14.9. The molecule has 0 aliphatic heterocycles. The van der Waals surface area contributed by atoms with E-state index in [-0.39, 0.29) is 11.3 Å². The molecule has 0 saturated heterocycles. The number of alkyl halides is 3. The maximum absolute atomic E-state index is 12.9. The number of pyridine rings is 1. The monoisotopic (exact) mass is 409 g/mol. The summed E-state index contributed by atoms with van der Waals surface area (Å²) in [6.07, 6.45) is -4.57. The van der Waals surface area contributed by atoms with Crippen LogP contribution in [0.3, 0.4) is 0 Å². The molecule has 106 valence electrons. The summed E-state index contributed by atoms with van der Waals surface area (Å²) in [6.45, 7) is 0. The van der Waals surface area contributed by atoms with E-state index in [0.29, 0.717) is 8.95 Å². The van der Waals surface area contributed by atoms with Gasteiger partial charge >= 0.3 is 6.18 Å². The van der Waals surface area contributed by atoms with E-state index in [0.717, 1.165) is 6.07 Å². The normalized spacial score (nSPS) is 13.3. The fourth-order valence-corrected chi connectivity index (χ4v) is 2.97. The quantitative estimate of drug-likeness (QED) is 0.777. The van der Waals surface area contributed by atoms with Gasteiger partial charge in [-0.25, -0.2) is 0 Å². The molecule has 0 radical (unpaired) electrons. The van der Waals surface area contributed by atoms with Crippen LogP contribution in [-0.4, -0.2) is 10.1 Å². The molecule has 1 unspecified atom stereocenters. The predicted octanol–water partition coefficient (Wildman–Crippen LogP) is 4.71. The second-order valence-electron chi connectivity index (χ2n) is 4.01. The Morgan fingerprint density at radius 1 is 1.15 bits per heavy atom. The molecule has 20 heavy (non-hydrogen) atoms. The first kappa shape index (κ1) is 15.5. The topological polar surface area (TPSA) is 33.1 Å². The maximum atomic E-state index is 12.9. The molecule has 0 amide bonds. The van der Waals surface area contributed by atoms with Crippen LogP contribution in [0, 0.1) is 0 Å². The van der Waals surface area contributed by atoms with Crippen LogP contribution < -0.4 is 0 Å². The SMILES string of the molecule is OC(c1ccccc1C(F)(F)F)c1ncc(Br)cc1Br. The number of halogens is 5. The van der Waals surface area contributed by atoms with E-state index in [9.17, 15) is 18.3 Å². The lowest BCUT2D eigenvalue weighted by atomic mass is 9.99. The van der Waals surface area contributed by atoms with Crippen molar-refractivity contribution in [2.45, 2.75) is 12.3 Å². The molecule has 0 aliphatic rings. The Morgan fingerprint density at radius 3 is 2.40 bits per heavy atom. The lowest BCUT2D eigenvalue weighted by Crippen LogP contribution is -2.13. The maximum Gasteiger partial charge on any atom is 0.416 e. The van der Waals surface area contributed by atoms with Crippen molar-refractivity contribution in [3.8, 4) is 0 Å². The molecule has 2 rings (SSSR count). The van der Waals surface area contributed by atoms with Crippen LogP contribution >= 0.6 is 31.9 Å². The second-order valence-corrected chi connectivity index (χ2v) is 5.78. The molecule has 2 nitrogen and oxygen atoms in total. The number of nitrogens with zero attached hydrogens (tertiary/aromatic N) is 1. The summed E-state index contributed by atoms with van der Waals surface area (Å²) >= 11 is 6.38. The van der Waals surface area contributed by atoms with Crippen LogP contribution in [0.5, 0.6) is 0 Å². The summed E-state index contributed by atoms with van der Waals surface area (Å²) < 4.78 is 39.9. The Kier molecular flexibility index (Phi) is 4.51. The smallest absolute Gasteiger partial charge is 0.382 e. The minimum Gasteiger partial charge on any atom is -0.382 e. The van der Waals surface area contributed by atoms with Crippen LogP contribution in [0.25, 0.3) is 0 Å². The van der Waals surface area contributed by atoms with E-state index in [1.807, 2.05) is 0 Å². The Labute approximate surface area is 129 Å². The van der Waals surface area contributed by atoms with Crippen LogP contribution in [0.2, 0.25) is 0 Å². The molecule has 0 saturated carbocycles. The molecule has 2 aromatic rings. The van der Waals surface area contributed by atoms with Gasteiger partial charge in [0.05, 0.1) is 11.3 Å². The Morgan fingerprint density at radius 2 is 1.80 bits per heavy atom. The molecular weight excluding hydrogens is 403 g/mol. The molecule has 0 fully saturated rings. The Balaban J connectivity index is 2.51. The molecular formula is C13H8Br2F3NO. The van der Waals surface area contributed by atoms with Gasteiger partial charge < -0.3 is 5.11 Å².